The van der Waals surface area contributed by atoms with Crippen LogP contribution in [0.1, 0.15) is 40.7 Å². The van der Waals surface area contributed by atoms with Gasteiger partial charge in [0.05, 0.1) is 18.4 Å². The van der Waals surface area contributed by atoms with Crippen LogP contribution in [0.25, 0.3) is 0 Å². The summed E-state index contributed by atoms with van der Waals surface area (Å²) in [5.74, 6) is 1.66. The van der Waals surface area contributed by atoms with Crippen molar-refractivity contribution in [2.24, 2.45) is 0 Å². The van der Waals surface area contributed by atoms with Gasteiger partial charge in [0.1, 0.15) is 12.4 Å². The van der Waals surface area contributed by atoms with Crippen LogP contribution in [0, 0.1) is 13.8 Å². The van der Waals surface area contributed by atoms with Crippen LogP contribution in [-0.4, -0.2) is 37.8 Å². The zero-order chi connectivity index (χ0) is 22.9. The molecule has 0 aliphatic rings. The van der Waals surface area contributed by atoms with Crippen molar-refractivity contribution < 1.29 is 18.8 Å². The Hall–Kier alpha value is -3.48. The molecule has 0 saturated carbocycles. The van der Waals surface area contributed by atoms with Crippen molar-refractivity contribution in [2.75, 3.05) is 31.6 Å². The summed E-state index contributed by atoms with van der Waals surface area (Å²) >= 11 is 0. The van der Waals surface area contributed by atoms with E-state index in [1.165, 1.54) is 5.69 Å². The summed E-state index contributed by atoms with van der Waals surface area (Å²) in [6.07, 6.45) is 0.851. The minimum Gasteiger partial charge on any atom is -0.493 e. The molecule has 7 heteroatoms. The van der Waals surface area contributed by atoms with Crippen LogP contribution in [0.2, 0.25) is 0 Å². The molecule has 0 aliphatic heterocycles. The highest BCUT2D eigenvalue weighted by Crippen LogP contribution is 2.29. The number of benzene rings is 2. The topological polar surface area (TPSA) is 76.8 Å². The molecule has 0 spiro atoms. The second-order valence-electron chi connectivity index (χ2n) is 7.48. The van der Waals surface area contributed by atoms with Gasteiger partial charge in [0, 0.05) is 30.9 Å². The van der Waals surface area contributed by atoms with Gasteiger partial charge in [-0.3, -0.25) is 4.79 Å². The van der Waals surface area contributed by atoms with Crippen LogP contribution in [0.15, 0.2) is 53.1 Å². The summed E-state index contributed by atoms with van der Waals surface area (Å²) in [6.45, 7) is 8.56. The number of nitrogens with zero attached hydrogens (tertiary/aromatic N) is 2. The molecule has 3 rings (SSSR count). The first-order chi connectivity index (χ1) is 15.5. The Morgan fingerprint density at radius 1 is 1.12 bits per heavy atom. The number of anilines is 1. The van der Waals surface area contributed by atoms with Crippen molar-refractivity contribution >= 4 is 11.6 Å². The van der Waals surface area contributed by atoms with Gasteiger partial charge in [-0.15, -0.1) is 0 Å². The van der Waals surface area contributed by atoms with Crippen molar-refractivity contribution in [3.63, 3.8) is 0 Å². The summed E-state index contributed by atoms with van der Waals surface area (Å²) in [5, 5.41) is 6.92. The van der Waals surface area contributed by atoms with E-state index in [0.29, 0.717) is 30.2 Å². The van der Waals surface area contributed by atoms with Crippen LogP contribution in [0.4, 0.5) is 5.69 Å². The number of carbonyl (C=O) groups excluding carboxylic acids is 1. The van der Waals surface area contributed by atoms with E-state index in [2.05, 4.69) is 34.4 Å². The van der Waals surface area contributed by atoms with E-state index >= 15 is 0 Å². The summed E-state index contributed by atoms with van der Waals surface area (Å²) in [4.78, 5) is 14.9. The highest BCUT2D eigenvalue weighted by atomic mass is 16.5. The van der Waals surface area contributed by atoms with E-state index in [-0.39, 0.29) is 5.91 Å². The van der Waals surface area contributed by atoms with Gasteiger partial charge in [-0.1, -0.05) is 23.4 Å². The molecular weight excluding hydrogens is 406 g/mol. The van der Waals surface area contributed by atoms with Gasteiger partial charge in [0.15, 0.2) is 11.5 Å². The minimum absolute atomic E-state index is 0.136. The first-order valence-electron chi connectivity index (χ1n) is 10.8. The summed E-state index contributed by atoms with van der Waals surface area (Å²) < 4.78 is 16.5. The fourth-order valence-electron chi connectivity index (χ4n) is 3.47. The van der Waals surface area contributed by atoms with E-state index in [1.54, 1.807) is 25.3 Å². The standard InChI is InChI=1S/C25H31N3O4/c1-5-28(21-10-7-6-8-11-21)15-9-14-26-25(29)20-12-13-23(24(16-20)30-4)31-17-22-18(2)27-32-19(22)3/h6-8,10-13,16H,5,9,14-15,17H2,1-4H3,(H,26,29). The SMILES string of the molecule is CCN(CCCNC(=O)c1ccc(OCc2c(C)noc2C)c(OC)c1)c1ccccc1. The Morgan fingerprint density at radius 2 is 1.91 bits per heavy atom. The van der Waals surface area contributed by atoms with Crippen LogP contribution in [-0.2, 0) is 6.61 Å². The third kappa shape index (κ3) is 5.81. The lowest BCUT2D eigenvalue weighted by Crippen LogP contribution is -2.30. The maximum Gasteiger partial charge on any atom is 0.251 e. The second kappa shape index (κ2) is 11.2. The Morgan fingerprint density at radius 3 is 2.56 bits per heavy atom. The van der Waals surface area contributed by atoms with Crippen molar-refractivity contribution in [1.82, 2.24) is 10.5 Å². The Balaban J connectivity index is 1.53. The largest absolute Gasteiger partial charge is 0.493 e. The van der Waals surface area contributed by atoms with E-state index in [0.717, 1.165) is 36.5 Å². The maximum absolute atomic E-state index is 12.6. The van der Waals surface area contributed by atoms with E-state index < -0.39 is 0 Å². The Kier molecular flexibility index (Phi) is 8.14. The van der Waals surface area contributed by atoms with Gasteiger partial charge < -0.3 is 24.2 Å². The number of ether oxygens (including phenoxy) is 2. The van der Waals surface area contributed by atoms with Gasteiger partial charge in [-0.25, -0.2) is 0 Å². The molecule has 2 aromatic carbocycles. The van der Waals surface area contributed by atoms with Gasteiger partial charge in [0.2, 0.25) is 0 Å². The number of nitrogens with one attached hydrogen (secondary N) is 1. The van der Waals surface area contributed by atoms with E-state index in [1.807, 2.05) is 32.0 Å². The molecule has 1 amide bonds. The Labute approximate surface area is 189 Å². The zero-order valence-corrected chi connectivity index (χ0v) is 19.2. The first kappa shape index (κ1) is 23.2. The molecule has 0 bridgehead atoms. The van der Waals surface area contributed by atoms with Gasteiger partial charge >= 0.3 is 0 Å². The maximum atomic E-state index is 12.6. The van der Waals surface area contributed by atoms with Crippen molar-refractivity contribution in [3.8, 4) is 11.5 Å². The number of hydrogen-bond acceptors (Lipinski definition) is 6. The highest BCUT2D eigenvalue weighted by Gasteiger charge is 2.14. The monoisotopic (exact) mass is 437 g/mol. The first-order valence-corrected chi connectivity index (χ1v) is 10.8. The zero-order valence-electron chi connectivity index (χ0n) is 19.2. The van der Waals surface area contributed by atoms with E-state index in [9.17, 15) is 4.79 Å². The normalized spacial score (nSPS) is 10.6. The molecule has 0 aliphatic carbocycles. The van der Waals surface area contributed by atoms with Crippen LogP contribution in [0.5, 0.6) is 11.5 Å². The second-order valence-corrected chi connectivity index (χ2v) is 7.48. The average Bonchev–Trinajstić information content (AvgIpc) is 3.15. The lowest BCUT2D eigenvalue weighted by atomic mass is 10.1. The number of amides is 1. The predicted octanol–water partition coefficient (Wildman–Crippen LogP) is 4.53. The molecule has 170 valence electrons. The lowest BCUT2D eigenvalue weighted by molar-refractivity contribution is 0.0953. The number of hydrogen-bond donors (Lipinski definition) is 1. The quantitative estimate of drug-likeness (QED) is 0.444. The molecular formula is C25H31N3O4. The third-order valence-electron chi connectivity index (χ3n) is 5.37. The number of methoxy groups -OCH3 is 1. The number of carbonyl (C=O) groups is 1. The van der Waals surface area contributed by atoms with Crippen molar-refractivity contribution in [1.29, 1.82) is 0 Å². The molecule has 0 fully saturated rings. The molecule has 1 aromatic heterocycles. The number of rotatable bonds is 11. The summed E-state index contributed by atoms with van der Waals surface area (Å²) in [5.41, 5.74) is 3.43. The molecule has 0 saturated heterocycles. The molecule has 7 nitrogen and oxygen atoms in total. The van der Waals surface area contributed by atoms with Crippen molar-refractivity contribution in [3.05, 3.63) is 71.1 Å². The van der Waals surface area contributed by atoms with Crippen molar-refractivity contribution in [2.45, 2.75) is 33.8 Å². The average molecular weight is 438 g/mol. The van der Waals surface area contributed by atoms with Gasteiger partial charge in [0.25, 0.3) is 5.91 Å². The van der Waals surface area contributed by atoms with Crippen LogP contribution in [0.3, 0.4) is 0 Å². The Bertz CT molecular complexity index is 998. The minimum atomic E-state index is -0.136. The number of aryl methyl sites for hydroxylation is 2. The molecule has 1 heterocycles. The molecule has 1 N–H and O–H groups in total. The molecule has 0 unspecified atom stereocenters. The fourth-order valence-corrected chi connectivity index (χ4v) is 3.47. The fraction of sp³-hybridized carbons (Fsp3) is 0.360. The molecule has 32 heavy (non-hydrogen) atoms. The van der Waals surface area contributed by atoms with Crippen LogP contribution < -0.4 is 19.7 Å². The lowest BCUT2D eigenvalue weighted by Gasteiger charge is -2.23. The molecule has 3 aromatic rings. The van der Waals surface area contributed by atoms with E-state index in [4.69, 9.17) is 14.0 Å². The highest BCUT2D eigenvalue weighted by molar-refractivity contribution is 5.94. The predicted molar refractivity (Wildman–Crippen MR) is 125 cm³/mol. The van der Waals surface area contributed by atoms with Gasteiger partial charge in [-0.2, -0.15) is 0 Å². The van der Waals surface area contributed by atoms with Gasteiger partial charge in [-0.05, 0) is 57.5 Å². The number of aromatic nitrogens is 1. The molecule has 0 radical (unpaired) electrons. The smallest absolute Gasteiger partial charge is 0.251 e. The third-order valence-corrected chi connectivity index (χ3v) is 5.37. The molecule has 0 atom stereocenters. The summed E-state index contributed by atoms with van der Waals surface area (Å²) in [7, 11) is 1.56. The number of para-hydroxylation sites is 1. The van der Waals surface area contributed by atoms with Crippen LogP contribution >= 0.6 is 0 Å². The summed E-state index contributed by atoms with van der Waals surface area (Å²) in [6, 6.07) is 15.5.